The average Bonchev–Trinajstić information content (AvgIpc) is 3.45. The van der Waals surface area contributed by atoms with Crippen LogP contribution in [0.2, 0.25) is 0 Å². The largest absolute Gasteiger partial charge is 0.497 e. The number of rotatable bonds is 7. The summed E-state index contributed by atoms with van der Waals surface area (Å²) in [7, 11) is -1.59. The molecule has 2 saturated heterocycles. The van der Waals surface area contributed by atoms with E-state index in [2.05, 4.69) is 0 Å². The predicted molar refractivity (Wildman–Crippen MR) is 140 cm³/mol. The van der Waals surface area contributed by atoms with Crippen molar-refractivity contribution in [1.29, 1.82) is 0 Å². The monoisotopic (exact) mass is 536 g/mol. The van der Waals surface area contributed by atoms with E-state index in [1.807, 2.05) is 30.5 Å². The number of thiophene rings is 1. The lowest BCUT2D eigenvalue weighted by atomic mass is 10.2. The molecule has 0 N–H and O–H groups in total. The highest BCUT2D eigenvalue weighted by atomic mass is 32.2. The van der Waals surface area contributed by atoms with Gasteiger partial charge in [0, 0.05) is 10.9 Å². The molecule has 4 rings (SSSR count). The van der Waals surface area contributed by atoms with Crippen molar-refractivity contribution in [1.82, 2.24) is 9.80 Å². The Hall–Kier alpha value is -2.21. The van der Waals surface area contributed by atoms with Gasteiger partial charge < -0.3 is 9.64 Å². The Morgan fingerprint density at radius 2 is 2.03 bits per heavy atom. The molecule has 1 unspecified atom stereocenters. The second-order valence-corrected chi connectivity index (χ2v) is 13.1. The highest BCUT2D eigenvalue weighted by molar-refractivity contribution is 8.26. The molecule has 3 heterocycles. The summed E-state index contributed by atoms with van der Waals surface area (Å²) in [5, 5.41) is 1.95. The van der Waals surface area contributed by atoms with Gasteiger partial charge >= 0.3 is 0 Å². The topological polar surface area (TPSA) is 84.0 Å². The van der Waals surface area contributed by atoms with Gasteiger partial charge in [-0.05, 0) is 54.1 Å². The molecule has 11 heteroatoms. The first-order valence-corrected chi connectivity index (χ1v) is 14.5. The van der Waals surface area contributed by atoms with Gasteiger partial charge in [0.2, 0.25) is 5.91 Å². The standard InChI is InChI=1S/C23H24N2O5S4/c1-15-7-9-32-20(15)12-24(17-8-10-34(28,29)14-17)21(26)13-25-22(27)19(33-23(25)31)11-16-3-5-18(30-2)6-4-16/h3-7,9,11,17H,8,10,12-14H2,1-2H3/b19-11-. The highest BCUT2D eigenvalue weighted by Gasteiger charge is 2.38. The van der Waals surface area contributed by atoms with Gasteiger partial charge in [-0.15, -0.1) is 11.3 Å². The zero-order valence-corrected chi connectivity index (χ0v) is 22.0. The molecule has 180 valence electrons. The summed E-state index contributed by atoms with van der Waals surface area (Å²) in [4.78, 5) is 30.8. The Morgan fingerprint density at radius 3 is 2.62 bits per heavy atom. The third kappa shape index (κ3) is 5.54. The van der Waals surface area contributed by atoms with Gasteiger partial charge in [0.15, 0.2) is 9.84 Å². The normalized spacial score (nSPS) is 20.8. The summed E-state index contributed by atoms with van der Waals surface area (Å²) >= 11 is 8.09. The summed E-state index contributed by atoms with van der Waals surface area (Å²) in [6, 6.07) is 8.84. The van der Waals surface area contributed by atoms with Gasteiger partial charge in [-0.25, -0.2) is 8.42 Å². The number of methoxy groups -OCH3 is 1. The van der Waals surface area contributed by atoms with Crippen molar-refractivity contribution in [2.45, 2.75) is 25.9 Å². The lowest BCUT2D eigenvalue weighted by molar-refractivity contribution is -0.137. The van der Waals surface area contributed by atoms with Crippen LogP contribution in [-0.4, -0.2) is 65.6 Å². The number of carbonyl (C=O) groups excluding carboxylic acids is 2. The zero-order valence-electron chi connectivity index (χ0n) is 18.7. The maximum atomic E-state index is 13.4. The first kappa shape index (κ1) is 24.9. The minimum absolute atomic E-state index is 0.0566. The summed E-state index contributed by atoms with van der Waals surface area (Å²) in [5.74, 6) is 0.0859. The second-order valence-electron chi connectivity index (χ2n) is 8.15. The number of hydrogen-bond acceptors (Lipinski definition) is 8. The van der Waals surface area contributed by atoms with Crippen molar-refractivity contribution in [3.8, 4) is 5.75 Å². The van der Waals surface area contributed by atoms with Crippen molar-refractivity contribution in [3.63, 3.8) is 0 Å². The number of thioether (sulfide) groups is 1. The molecule has 0 aliphatic carbocycles. The van der Waals surface area contributed by atoms with Gasteiger partial charge in [0.05, 0.1) is 30.1 Å². The van der Waals surface area contributed by atoms with E-state index < -0.39 is 15.9 Å². The number of benzene rings is 1. The SMILES string of the molecule is COc1ccc(/C=C2\SC(=S)N(CC(=O)N(Cc3sccc3C)C3CCS(=O)(=O)C3)C2=O)cc1. The molecule has 2 aliphatic rings. The van der Waals surface area contributed by atoms with E-state index in [0.29, 0.717) is 27.9 Å². The Bertz CT molecular complexity index is 1250. The van der Waals surface area contributed by atoms with Crippen LogP contribution in [0.5, 0.6) is 5.75 Å². The first-order valence-electron chi connectivity index (χ1n) is 10.6. The van der Waals surface area contributed by atoms with E-state index in [-0.39, 0.29) is 29.9 Å². The third-order valence-electron chi connectivity index (χ3n) is 5.83. The van der Waals surface area contributed by atoms with Gasteiger partial charge in [0.1, 0.15) is 16.6 Å². The van der Waals surface area contributed by atoms with E-state index in [1.165, 1.54) is 16.2 Å². The first-order chi connectivity index (χ1) is 16.2. The summed E-state index contributed by atoms with van der Waals surface area (Å²) < 4.78 is 29.7. The molecule has 1 aromatic carbocycles. The number of thiocarbonyl (C=S) groups is 1. The van der Waals surface area contributed by atoms with Gasteiger partial charge in [-0.1, -0.05) is 36.1 Å². The molecule has 2 amide bonds. The van der Waals surface area contributed by atoms with Crippen LogP contribution in [0, 0.1) is 6.92 Å². The Morgan fingerprint density at radius 1 is 1.29 bits per heavy atom. The maximum absolute atomic E-state index is 13.4. The van der Waals surface area contributed by atoms with Crippen LogP contribution >= 0.6 is 35.3 Å². The van der Waals surface area contributed by atoms with Crippen LogP contribution in [0.3, 0.4) is 0 Å². The number of aryl methyl sites for hydroxylation is 1. The number of sulfone groups is 1. The average molecular weight is 537 g/mol. The molecule has 2 aliphatic heterocycles. The fourth-order valence-corrected chi connectivity index (χ4v) is 7.77. The van der Waals surface area contributed by atoms with E-state index in [1.54, 1.807) is 30.2 Å². The number of amides is 2. The minimum atomic E-state index is -3.18. The molecular formula is C23H24N2O5S4. The molecule has 0 bridgehead atoms. The molecule has 0 saturated carbocycles. The fraction of sp³-hybridized carbons (Fsp3) is 0.348. The van der Waals surface area contributed by atoms with Crippen LogP contribution in [0.25, 0.3) is 6.08 Å². The van der Waals surface area contributed by atoms with Crippen molar-refractivity contribution in [2.24, 2.45) is 0 Å². The summed E-state index contributed by atoms with van der Waals surface area (Å²) in [6.45, 7) is 2.07. The number of hydrogen-bond donors (Lipinski definition) is 0. The third-order valence-corrected chi connectivity index (χ3v) is 9.97. The van der Waals surface area contributed by atoms with Gasteiger partial charge in [0.25, 0.3) is 5.91 Å². The van der Waals surface area contributed by atoms with E-state index in [9.17, 15) is 18.0 Å². The Labute approximate surface area is 212 Å². The number of nitrogens with zero attached hydrogens (tertiary/aromatic N) is 2. The molecule has 7 nitrogen and oxygen atoms in total. The van der Waals surface area contributed by atoms with Gasteiger partial charge in [-0.2, -0.15) is 0 Å². The van der Waals surface area contributed by atoms with Crippen molar-refractivity contribution in [2.75, 3.05) is 25.2 Å². The smallest absolute Gasteiger partial charge is 0.266 e. The number of carbonyl (C=O) groups is 2. The van der Waals surface area contributed by atoms with Crippen LogP contribution < -0.4 is 4.74 Å². The van der Waals surface area contributed by atoms with E-state index in [0.717, 1.165) is 27.8 Å². The molecule has 2 aromatic rings. The van der Waals surface area contributed by atoms with Crippen LogP contribution in [0.15, 0.2) is 40.6 Å². The molecule has 0 spiro atoms. The van der Waals surface area contributed by atoms with Crippen molar-refractivity contribution < 1.29 is 22.7 Å². The fourth-order valence-electron chi connectivity index (χ4n) is 3.88. The molecular weight excluding hydrogens is 513 g/mol. The molecule has 0 radical (unpaired) electrons. The van der Waals surface area contributed by atoms with Crippen LogP contribution in [-0.2, 0) is 26.0 Å². The maximum Gasteiger partial charge on any atom is 0.266 e. The zero-order chi connectivity index (χ0) is 24.5. The molecule has 1 atom stereocenters. The minimum Gasteiger partial charge on any atom is -0.497 e. The van der Waals surface area contributed by atoms with Gasteiger partial charge in [-0.3, -0.25) is 14.5 Å². The predicted octanol–water partition coefficient (Wildman–Crippen LogP) is 3.48. The van der Waals surface area contributed by atoms with E-state index >= 15 is 0 Å². The molecule has 34 heavy (non-hydrogen) atoms. The van der Waals surface area contributed by atoms with Crippen LogP contribution in [0.4, 0.5) is 0 Å². The Balaban J connectivity index is 1.52. The quantitative estimate of drug-likeness (QED) is 0.396. The molecule has 1 aromatic heterocycles. The lowest BCUT2D eigenvalue weighted by Gasteiger charge is -2.29. The summed E-state index contributed by atoms with van der Waals surface area (Å²) in [5.41, 5.74) is 1.87. The second kappa shape index (κ2) is 10.2. The van der Waals surface area contributed by atoms with E-state index in [4.69, 9.17) is 17.0 Å². The van der Waals surface area contributed by atoms with Crippen molar-refractivity contribution >= 4 is 67.4 Å². The highest BCUT2D eigenvalue weighted by Crippen LogP contribution is 2.33. The molecule has 2 fully saturated rings. The summed E-state index contributed by atoms with van der Waals surface area (Å²) in [6.07, 6.45) is 2.13. The van der Waals surface area contributed by atoms with Crippen molar-refractivity contribution in [3.05, 3.63) is 56.6 Å². The number of ether oxygens (including phenoxy) is 1. The lowest BCUT2D eigenvalue weighted by Crippen LogP contribution is -2.46. The Kier molecular flexibility index (Phi) is 7.46. The van der Waals surface area contributed by atoms with Crippen LogP contribution in [0.1, 0.15) is 22.4 Å².